The van der Waals surface area contributed by atoms with Gasteiger partial charge in [0.15, 0.2) is 0 Å². The molecule has 0 N–H and O–H groups in total. The average molecular weight is 190 g/mol. The quantitative estimate of drug-likeness (QED) is 0.622. The Balaban J connectivity index is 2.49. The van der Waals surface area contributed by atoms with Gasteiger partial charge in [-0.1, -0.05) is 0 Å². The van der Waals surface area contributed by atoms with E-state index in [-0.39, 0.29) is 5.82 Å². The standard InChI is InChI=1S/C11H11FN2/c1-14-3-2-9-4-8(6-13)5-11(12)10(9)7-14/h4-5H,2-3,7H2,1H3. The summed E-state index contributed by atoms with van der Waals surface area (Å²) >= 11 is 0. The molecule has 0 aliphatic carbocycles. The van der Waals surface area contributed by atoms with Crippen LogP contribution in [0.1, 0.15) is 16.7 Å². The predicted molar refractivity (Wildman–Crippen MR) is 51.2 cm³/mol. The van der Waals surface area contributed by atoms with Gasteiger partial charge in [0.2, 0.25) is 0 Å². The molecule has 1 aliphatic heterocycles. The molecule has 2 nitrogen and oxygen atoms in total. The Morgan fingerprint density at radius 2 is 2.29 bits per heavy atom. The monoisotopic (exact) mass is 190 g/mol. The molecule has 0 saturated carbocycles. The summed E-state index contributed by atoms with van der Waals surface area (Å²) in [6.07, 6.45) is 0.832. The minimum atomic E-state index is -0.245. The highest BCUT2D eigenvalue weighted by molar-refractivity contribution is 5.40. The van der Waals surface area contributed by atoms with Gasteiger partial charge in [0.1, 0.15) is 5.82 Å². The summed E-state index contributed by atoms with van der Waals surface area (Å²) in [6.45, 7) is 1.58. The summed E-state index contributed by atoms with van der Waals surface area (Å²) in [5.41, 5.74) is 2.16. The highest BCUT2D eigenvalue weighted by Gasteiger charge is 2.17. The Labute approximate surface area is 82.6 Å². The molecule has 0 atom stereocenters. The number of halogens is 1. The van der Waals surface area contributed by atoms with E-state index in [0.29, 0.717) is 12.1 Å². The van der Waals surface area contributed by atoms with Crippen LogP contribution in [0.5, 0.6) is 0 Å². The number of hydrogen-bond donors (Lipinski definition) is 0. The van der Waals surface area contributed by atoms with E-state index >= 15 is 0 Å². The van der Waals surface area contributed by atoms with E-state index < -0.39 is 0 Å². The first-order valence-electron chi connectivity index (χ1n) is 4.60. The fourth-order valence-corrected chi connectivity index (χ4v) is 1.82. The van der Waals surface area contributed by atoms with E-state index in [1.54, 1.807) is 6.07 Å². The number of fused-ring (bicyclic) bond motifs is 1. The van der Waals surface area contributed by atoms with Crippen molar-refractivity contribution in [3.63, 3.8) is 0 Å². The van der Waals surface area contributed by atoms with E-state index in [1.807, 2.05) is 13.1 Å². The van der Waals surface area contributed by atoms with E-state index in [1.165, 1.54) is 6.07 Å². The van der Waals surface area contributed by atoms with Gasteiger partial charge in [-0.2, -0.15) is 5.26 Å². The summed E-state index contributed by atoms with van der Waals surface area (Å²) in [6, 6.07) is 5.09. The number of hydrogen-bond acceptors (Lipinski definition) is 2. The van der Waals surface area contributed by atoms with Crippen molar-refractivity contribution in [2.75, 3.05) is 13.6 Å². The smallest absolute Gasteiger partial charge is 0.129 e. The van der Waals surface area contributed by atoms with Gasteiger partial charge in [0.25, 0.3) is 0 Å². The normalized spacial score (nSPS) is 16.1. The summed E-state index contributed by atoms with van der Waals surface area (Å²) < 4.78 is 13.5. The number of benzene rings is 1. The van der Waals surface area contributed by atoms with E-state index in [4.69, 9.17) is 5.26 Å². The Morgan fingerprint density at radius 1 is 1.50 bits per heavy atom. The van der Waals surface area contributed by atoms with Crippen LogP contribution in [0.15, 0.2) is 12.1 Å². The van der Waals surface area contributed by atoms with Crippen LogP contribution in [-0.4, -0.2) is 18.5 Å². The molecule has 3 heteroatoms. The van der Waals surface area contributed by atoms with Crippen molar-refractivity contribution in [1.29, 1.82) is 5.26 Å². The minimum absolute atomic E-state index is 0.245. The molecule has 1 aliphatic rings. The number of likely N-dealkylation sites (N-methyl/N-ethyl adjacent to an activating group) is 1. The van der Waals surface area contributed by atoms with Crippen molar-refractivity contribution < 1.29 is 4.39 Å². The highest BCUT2D eigenvalue weighted by Crippen LogP contribution is 2.22. The minimum Gasteiger partial charge on any atom is -0.302 e. The van der Waals surface area contributed by atoms with E-state index in [9.17, 15) is 4.39 Å². The van der Waals surface area contributed by atoms with Gasteiger partial charge in [-0.3, -0.25) is 0 Å². The van der Waals surface area contributed by atoms with Crippen LogP contribution in [0.25, 0.3) is 0 Å². The van der Waals surface area contributed by atoms with Gasteiger partial charge in [-0.15, -0.1) is 0 Å². The SMILES string of the molecule is CN1CCc2cc(C#N)cc(F)c2C1. The Bertz CT molecular complexity index is 406. The van der Waals surface area contributed by atoms with Crippen LogP contribution in [0.3, 0.4) is 0 Å². The van der Waals surface area contributed by atoms with Crippen LogP contribution >= 0.6 is 0 Å². The second-order valence-electron chi connectivity index (χ2n) is 3.70. The third-order valence-corrected chi connectivity index (χ3v) is 2.61. The molecule has 0 aromatic heterocycles. The lowest BCUT2D eigenvalue weighted by atomic mass is 9.97. The first-order chi connectivity index (χ1) is 6.70. The Morgan fingerprint density at radius 3 is 3.00 bits per heavy atom. The molecule has 72 valence electrons. The number of nitriles is 1. The summed E-state index contributed by atoms with van der Waals surface area (Å²) in [5, 5.41) is 8.69. The molecule has 0 spiro atoms. The van der Waals surface area contributed by atoms with Crippen LogP contribution in [0.2, 0.25) is 0 Å². The Kier molecular flexibility index (Phi) is 2.22. The number of nitrogens with zero attached hydrogens (tertiary/aromatic N) is 2. The molecule has 14 heavy (non-hydrogen) atoms. The molecule has 0 unspecified atom stereocenters. The van der Waals surface area contributed by atoms with E-state index in [0.717, 1.165) is 24.1 Å². The second-order valence-corrected chi connectivity index (χ2v) is 3.70. The topological polar surface area (TPSA) is 27.0 Å². The first-order valence-corrected chi connectivity index (χ1v) is 4.60. The first kappa shape index (κ1) is 9.17. The van der Waals surface area contributed by atoms with Crippen molar-refractivity contribution in [2.24, 2.45) is 0 Å². The van der Waals surface area contributed by atoms with Crippen LogP contribution in [0.4, 0.5) is 4.39 Å². The predicted octanol–water partition coefficient (Wildman–Crippen LogP) is 1.69. The van der Waals surface area contributed by atoms with Gasteiger partial charge in [-0.05, 0) is 31.2 Å². The molecular formula is C11H11FN2. The number of rotatable bonds is 0. The molecule has 0 amide bonds. The maximum Gasteiger partial charge on any atom is 0.129 e. The van der Waals surface area contributed by atoms with Crippen molar-refractivity contribution in [3.8, 4) is 6.07 Å². The van der Waals surface area contributed by atoms with Crippen molar-refractivity contribution in [1.82, 2.24) is 4.90 Å². The maximum atomic E-state index is 13.5. The molecule has 0 saturated heterocycles. The van der Waals surface area contributed by atoms with Crippen LogP contribution < -0.4 is 0 Å². The third kappa shape index (κ3) is 1.49. The fourth-order valence-electron chi connectivity index (χ4n) is 1.82. The zero-order chi connectivity index (χ0) is 10.1. The second kappa shape index (κ2) is 3.39. The lowest BCUT2D eigenvalue weighted by Gasteiger charge is -2.25. The molecule has 1 aromatic carbocycles. The van der Waals surface area contributed by atoms with Gasteiger partial charge >= 0.3 is 0 Å². The summed E-state index contributed by atoms with van der Waals surface area (Å²) in [7, 11) is 1.97. The summed E-state index contributed by atoms with van der Waals surface area (Å²) in [5.74, 6) is -0.245. The zero-order valence-corrected chi connectivity index (χ0v) is 8.05. The van der Waals surface area contributed by atoms with Gasteiger partial charge in [0.05, 0.1) is 11.6 Å². The van der Waals surface area contributed by atoms with Crippen LogP contribution in [-0.2, 0) is 13.0 Å². The van der Waals surface area contributed by atoms with Crippen molar-refractivity contribution in [3.05, 3.63) is 34.6 Å². The third-order valence-electron chi connectivity index (χ3n) is 2.61. The zero-order valence-electron chi connectivity index (χ0n) is 8.05. The van der Waals surface area contributed by atoms with Gasteiger partial charge in [0, 0.05) is 18.7 Å². The molecule has 0 fully saturated rings. The molecule has 0 radical (unpaired) electrons. The maximum absolute atomic E-state index is 13.5. The molecule has 1 heterocycles. The largest absolute Gasteiger partial charge is 0.302 e. The average Bonchev–Trinajstić information content (AvgIpc) is 2.19. The molecular weight excluding hydrogens is 179 g/mol. The Hall–Kier alpha value is -1.40. The lowest BCUT2D eigenvalue weighted by molar-refractivity contribution is 0.305. The summed E-state index contributed by atoms with van der Waals surface area (Å²) in [4.78, 5) is 2.08. The lowest BCUT2D eigenvalue weighted by Crippen LogP contribution is -2.27. The van der Waals surface area contributed by atoms with Gasteiger partial charge in [-0.25, -0.2) is 4.39 Å². The molecule has 1 aromatic rings. The van der Waals surface area contributed by atoms with E-state index in [2.05, 4.69) is 4.90 Å². The fraction of sp³-hybridized carbons (Fsp3) is 0.364. The van der Waals surface area contributed by atoms with Gasteiger partial charge < -0.3 is 4.90 Å². The highest BCUT2D eigenvalue weighted by atomic mass is 19.1. The van der Waals surface area contributed by atoms with Crippen molar-refractivity contribution >= 4 is 0 Å². The van der Waals surface area contributed by atoms with Crippen LogP contribution in [0, 0.1) is 17.1 Å². The molecule has 0 bridgehead atoms. The molecule has 2 rings (SSSR count). The van der Waals surface area contributed by atoms with Crippen molar-refractivity contribution in [2.45, 2.75) is 13.0 Å².